The maximum absolute atomic E-state index is 11.1. The van der Waals surface area contributed by atoms with E-state index < -0.39 is 5.97 Å². The molecule has 0 radical (unpaired) electrons. The van der Waals surface area contributed by atoms with Crippen LogP contribution in [0.2, 0.25) is 0 Å². The third kappa shape index (κ3) is 1.92. The molecule has 1 saturated heterocycles. The number of carboxylic acids is 1. The molecule has 2 atom stereocenters. The zero-order chi connectivity index (χ0) is 12.7. The van der Waals surface area contributed by atoms with Crippen molar-refractivity contribution in [3.63, 3.8) is 0 Å². The lowest BCUT2D eigenvalue weighted by atomic mass is 10.0. The van der Waals surface area contributed by atoms with Gasteiger partial charge in [-0.25, -0.2) is 4.79 Å². The topological polar surface area (TPSA) is 58.4 Å². The van der Waals surface area contributed by atoms with E-state index in [-0.39, 0.29) is 0 Å². The van der Waals surface area contributed by atoms with Crippen molar-refractivity contribution in [2.24, 2.45) is 18.9 Å². The third-order valence-electron chi connectivity index (χ3n) is 4.47. The van der Waals surface area contributed by atoms with Gasteiger partial charge in [0.05, 0.1) is 11.9 Å². The number of hydrogen-bond acceptors (Lipinski definition) is 3. The molecular weight excluding hydrogens is 230 g/mol. The maximum Gasteiger partial charge on any atom is 0.339 e. The summed E-state index contributed by atoms with van der Waals surface area (Å²) in [5.74, 6) is 0.801. The Morgan fingerprint density at radius 3 is 2.72 bits per heavy atom. The predicted octanol–water partition coefficient (Wildman–Crippen LogP) is 1.35. The summed E-state index contributed by atoms with van der Waals surface area (Å²) < 4.78 is 1.69. The van der Waals surface area contributed by atoms with Crippen molar-refractivity contribution in [2.45, 2.75) is 25.8 Å². The van der Waals surface area contributed by atoms with Gasteiger partial charge >= 0.3 is 5.97 Å². The van der Waals surface area contributed by atoms with Gasteiger partial charge in [0.1, 0.15) is 5.56 Å². The van der Waals surface area contributed by atoms with Crippen molar-refractivity contribution in [3.8, 4) is 0 Å². The molecule has 2 aliphatic rings. The monoisotopic (exact) mass is 249 g/mol. The SMILES string of the molecule is Cn1ncc(C(=O)O)c1CN1CC2CCCC2C1. The molecule has 1 saturated carbocycles. The van der Waals surface area contributed by atoms with Crippen LogP contribution in [0.1, 0.15) is 35.3 Å². The molecule has 1 aromatic heterocycles. The van der Waals surface area contributed by atoms with Crippen LogP contribution in [0.5, 0.6) is 0 Å². The van der Waals surface area contributed by atoms with E-state index in [0.29, 0.717) is 12.1 Å². The number of aromatic carboxylic acids is 1. The molecule has 5 nitrogen and oxygen atoms in total. The molecule has 0 amide bonds. The van der Waals surface area contributed by atoms with Crippen molar-refractivity contribution in [3.05, 3.63) is 17.5 Å². The summed E-state index contributed by atoms with van der Waals surface area (Å²) >= 11 is 0. The van der Waals surface area contributed by atoms with Gasteiger partial charge < -0.3 is 5.11 Å². The first-order valence-electron chi connectivity index (χ1n) is 6.61. The lowest BCUT2D eigenvalue weighted by molar-refractivity contribution is 0.0694. The van der Waals surface area contributed by atoms with E-state index in [1.165, 1.54) is 25.5 Å². The summed E-state index contributed by atoms with van der Waals surface area (Å²) in [4.78, 5) is 13.5. The fourth-order valence-corrected chi connectivity index (χ4v) is 3.50. The van der Waals surface area contributed by atoms with Crippen LogP contribution in [0.4, 0.5) is 0 Å². The molecule has 2 unspecified atom stereocenters. The minimum atomic E-state index is -0.877. The molecule has 0 bridgehead atoms. The van der Waals surface area contributed by atoms with E-state index in [4.69, 9.17) is 5.11 Å². The summed E-state index contributed by atoms with van der Waals surface area (Å²) in [7, 11) is 1.82. The van der Waals surface area contributed by atoms with E-state index in [2.05, 4.69) is 10.00 Å². The van der Waals surface area contributed by atoms with Crippen LogP contribution in [0.25, 0.3) is 0 Å². The first kappa shape index (κ1) is 11.7. The molecule has 5 heteroatoms. The van der Waals surface area contributed by atoms with Gasteiger partial charge in [0.2, 0.25) is 0 Å². The van der Waals surface area contributed by atoms with E-state index in [0.717, 1.165) is 30.6 Å². The Balaban J connectivity index is 1.73. The molecule has 18 heavy (non-hydrogen) atoms. The lowest BCUT2D eigenvalue weighted by Crippen LogP contribution is -2.24. The van der Waals surface area contributed by atoms with E-state index >= 15 is 0 Å². The first-order chi connectivity index (χ1) is 8.65. The normalized spacial score (nSPS) is 27.6. The van der Waals surface area contributed by atoms with Crippen molar-refractivity contribution in [1.82, 2.24) is 14.7 Å². The van der Waals surface area contributed by atoms with E-state index in [1.807, 2.05) is 7.05 Å². The lowest BCUT2D eigenvalue weighted by Gasteiger charge is -2.17. The van der Waals surface area contributed by atoms with Crippen molar-refractivity contribution in [1.29, 1.82) is 0 Å². The van der Waals surface area contributed by atoms with Crippen molar-refractivity contribution >= 4 is 5.97 Å². The first-order valence-corrected chi connectivity index (χ1v) is 6.61. The molecule has 98 valence electrons. The number of rotatable bonds is 3. The molecule has 3 rings (SSSR count). The Morgan fingerprint density at radius 1 is 1.44 bits per heavy atom. The van der Waals surface area contributed by atoms with Gasteiger partial charge in [-0.3, -0.25) is 9.58 Å². The van der Waals surface area contributed by atoms with Crippen molar-refractivity contribution in [2.75, 3.05) is 13.1 Å². The standard InChI is InChI=1S/C13H19N3O2/c1-15-12(11(5-14-15)13(17)18)8-16-6-9-3-2-4-10(9)7-16/h5,9-10H,2-4,6-8H2,1H3,(H,17,18). The summed E-state index contributed by atoms with van der Waals surface area (Å²) in [6, 6.07) is 0. The Bertz CT molecular complexity index is 457. The molecule has 1 aromatic rings. The Labute approximate surface area is 106 Å². The highest BCUT2D eigenvalue weighted by Gasteiger charge is 2.36. The van der Waals surface area contributed by atoms with E-state index in [9.17, 15) is 4.79 Å². The van der Waals surface area contributed by atoms with Crippen LogP contribution in [-0.2, 0) is 13.6 Å². The van der Waals surface area contributed by atoms with E-state index in [1.54, 1.807) is 4.68 Å². The fourth-order valence-electron chi connectivity index (χ4n) is 3.50. The number of likely N-dealkylation sites (tertiary alicyclic amines) is 1. The number of carboxylic acid groups (broad SMARTS) is 1. The maximum atomic E-state index is 11.1. The summed E-state index contributed by atoms with van der Waals surface area (Å²) in [6.07, 6.45) is 5.51. The van der Waals surface area contributed by atoms with Gasteiger partial charge in [-0.2, -0.15) is 5.10 Å². The van der Waals surface area contributed by atoms with Gasteiger partial charge in [-0.1, -0.05) is 6.42 Å². The number of carbonyl (C=O) groups is 1. The smallest absolute Gasteiger partial charge is 0.339 e. The molecule has 0 aromatic carbocycles. The average Bonchev–Trinajstić information content (AvgIpc) is 2.94. The number of hydrogen-bond donors (Lipinski definition) is 1. The van der Waals surface area contributed by atoms with Gasteiger partial charge in [0.15, 0.2) is 0 Å². The Hall–Kier alpha value is -1.36. The van der Waals surface area contributed by atoms with Gasteiger partial charge in [0.25, 0.3) is 0 Å². The van der Waals surface area contributed by atoms with Crippen LogP contribution in [0.15, 0.2) is 6.20 Å². The second kappa shape index (κ2) is 4.39. The Morgan fingerprint density at radius 2 is 2.11 bits per heavy atom. The fraction of sp³-hybridized carbons (Fsp3) is 0.692. The molecule has 1 N–H and O–H groups in total. The van der Waals surface area contributed by atoms with Gasteiger partial charge in [-0.15, -0.1) is 0 Å². The number of fused-ring (bicyclic) bond motifs is 1. The molecule has 0 spiro atoms. The number of nitrogens with zero attached hydrogens (tertiary/aromatic N) is 3. The second-order valence-corrected chi connectivity index (χ2v) is 5.58. The molecule has 2 fully saturated rings. The van der Waals surface area contributed by atoms with Crippen molar-refractivity contribution < 1.29 is 9.90 Å². The Kier molecular flexibility index (Phi) is 2.86. The summed E-state index contributed by atoms with van der Waals surface area (Å²) in [5.41, 5.74) is 1.16. The van der Waals surface area contributed by atoms with Gasteiger partial charge in [0, 0.05) is 26.7 Å². The predicted molar refractivity (Wildman–Crippen MR) is 66.3 cm³/mol. The van der Waals surface area contributed by atoms with Gasteiger partial charge in [-0.05, 0) is 24.7 Å². The zero-order valence-corrected chi connectivity index (χ0v) is 10.7. The quantitative estimate of drug-likeness (QED) is 0.878. The number of aryl methyl sites for hydroxylation is 1. The highest BCUT2D eigenvalue weighted by Crippen LogP contribution is 2.38. The van der Waals surface area contributed by atoms with Crippen LogP contribution in [0.3, 0.4) is 0 Å². The average molecular weight is 249 g/mol. The summed E-state index contributed by atoms with van der Waals surface area (Å²) in [5, 5.41) is 13.2. The second-order valence-electron chi connectivity index (χ2n) is 5.58. The third-order valence-corrected chi connectivity index (χ3v) is 4.47. The van der Waals surface area contributed by atoms with Crippen LogP contribution >= 0.6 is 0 Å². The molecular formula is C13H19N3O2. The van der Waals surface area contributed by atoms with Crippen LogP contribution in [0, 0.1) is 11.8 Å². The molecule has 1 aliphatic carbocycles. The van der Waals surface area contributed by atoms with Crippen LogP contribution in [-0.4, -0.2) is 38.8 Å². The minimum Gasteiger partial charge on any atom is -0.478 e. The highest BCUT2D eigenvalue weighted by molar-refractivity contribution is 5.88. The largest absolute Gasteiger partial charge is 0.478 e. The minimum absolute atomic E-state index is 0.342. The van der Waals surface area contributed by atoms with Crippen LogP contribution < -0.4 is 0 Å². The molecule has 1 aliphatic heterocycles. The molecule has 2 heterocycles. The number of aromatic nitrogens is 2. The zero-order valence-electron chi connectivity index (χ0n) is 10.7. The highest BCUT2D eigenvalue weighted by atomic mass is 16.4. The summed E-state index contributed by atoms with van der Waals surface area (Å²) in [6.45, 7) is 2.95.